The molecule has 0 bridgehead atoms. The van der Waals surface area contributed by atoms with Crippen LogP contribution in [0.4, 0.5) is 21.7 Å². The SMILES string of the molecule is CS(=O)(=O)CC(=O)N1CC[C@H](Oc2ccc(-c3ncnc(Nc4ccc(N5CCN(C6COC6)CC5)cc4)n3)cc2C#N)[C@@H](F)C1. The van der Waals surface area contributed by atoms with E-state index in [1.54, 1.807) is 18.2 Å². The fourth-order valence-electron chi connectivity index (χ4n) is 5.74. The van der Waals surface area contributed by atoms with E-state index in [0.29, 0.717) is 23.4 Å². The summed E-state index contributed by atoms with van der Waals surface area (Å²) in [4.78, 5) is 31.3. The lowest BCUT2D eigenvalue weighted by atomic mass is 10.0. The molecule has 46 heavy (non-hydrogen) atoms. The van der Waals surface area contributed by atoms with Gasteiger partial charge in [-0.25, -0.2) is 22.8 Å². The number of ether oxygens (including phenoxy) is 2. The minimum Gasteiger partial charge on any atom is -0.486 e. The van der Waals surface area contributed by atoms with E-state index in [0.717, 1.165) is 57.0 Å². The molecular weight excluding hydrogens is 615 g/mol. The highest BCUT2D eigenvalue weighted by Crippen LogP contribution is 2.29. The Labute approximate surface area is 266 Å². The quantitative estimate of drug-likeness (QED) is 0.361. The van der Waals surface area contributed by atoms with E-state index in [-0.39, 0.29) is 30.8 Å². The molecule has 242 valence electrons. The number of anilines is 3. The molecule has 6 rings (SSSR count). The molecule has 3 fully saturated rings. The van der Waals surface area contributed by atoms with Gasteiger partial charge in [0.1, 0.15) is 30.0 Å². The van der Waals surface area contributed by atoms with Crippen LogP contribution in [0.25, 0.3) is 11.4 Å². The molecule has 0 spiro atoms. The van der Waals surface area contributed by atoms with Gasteiger partial charge in [-0.1, -0.05) is 0 Å². The summed E-state index contributed by atoms with van der Waals surface area (Å²) in [5.41, 5.74) is 2.70. The number of piperidine rings is 1. The minimum absolute atomic E-state index is 0.149. The molecule has 1 N–H and O–H groups in total. The molecule has 0 saturated carbocycles. The van der Waals surface area contributed by atoms with Gasteiger partial charge in [0.05, 0.1) is 31.4 Å². The molecule has 1 aromatic heterocycles. The molecule has 13 nitrogen and oxygen atoms in total. The number of piperazine rings is 1. The fourth-order valence-corrected chi connectivity index (χ4v) is 6.37. The molecule has 3 saturated heterocycles. The number of carbonyl (C=O) groups is 1. The molecule has 3 aliphatic heterocycles. The first-order valence-electron chi connectivity index (χ1n) is 15.1. The van der Waals surface area contributed by atoms with Crippen molar-refractivity contribution in [2.24, 2.45) is 0 Å². The van der Waals surface area contributed by atoms with Gasteiger partial charge in [-0.15, -0.1) is 0 Å². The smallest absolute Gasteiger partial charge is 0.237 e. The van der Waals surface area contributed by atoms with E-state index in [1.165, 1.54) is 11.2 Å². The Kier molecular flexibility index (Phi) is 9.29. The Morgan fingerprint density at radius 3 is 2.52 bits per heavy atom. The molecule has 3 aromatic rings. The second-order valence-electron chi connectivity index (χ2n) is 11.7. The minimum atomic E-state index is -3.52. The Morgan fingerprint density at radius 2 is 1.87 bits per heavy atom. The van der Waals surface area contributed by atoms with Gasteiger partial charge in [-0.2, -0.15) is 10.2 Å². The van der Waals surface area contributed by atoms with Crippen LogP contribution in [-0.4, -0.2) is 122 Å². The van der Waals surface area contributed by atoms with Gasteiger partial charge in [0, 0.05) is 62.3 Å². The lowest BCUT2D eigenvalue weighted by molar-refractivity contribution is -0.132. The number of rotatable bonds is 9. The van der Waals surface area contributed by atoms with Crippen molar-refractivity contribution >= 4 is 33.1 Å². The predicted molar refractivity (Wildman–Crippen MR) is 168 cm³/mol. The molecule has 3 aliphatic rings. The molecule has 2 atom stereocenters. The van der Waals surface area contributed by atoms with Crippen LogP contribution in [0.1, 0.15) is 12.0 Å². The molecule has 15 heteroatoms. The largest absolute Gasteiger partial charge is 0.486 e. The maximum Gasteiger partial charge on any atom is 0.237 e. The first kappa shape index (κ1) is 31.6. The van der Waals surface area contributed by atoms with Gasteiger partial charge in [0.15, 0.2) is 21.8 Å². The number of aromatic nitrogens is 3. The van der Waals surface area contributed by atoms with E-state index in [9.17, 15) is 22.9 Å². The van der Waals surface area contributed by atoms with Gasteiger partial charge >= 0.3 is 0 Å². The van der Waals surface area contributed by atoms with Crippen LogP contribution in [0.3, 0.4) is 0 Å². The number of amides is 1. The zero-order valence-corrected chi connectivity index (χ0v) is 26.2. The number of nitrogens with one attached hydrogen (secondary N) is 1. The number of hydrogen-bond acceptors (Lipinski definition) is 12. The number of carbonyl (C=O) groups excluding carboxylic acids is 1. The maximum atomic E-state index is 15.0. The number of likely N-dealkylation sites (tertiary alicyclic amines) is 1. The monoisotopic (exact) mass is 650 g/mol. The number of benzene rings is 2. The van der Waals surface area contributed by atoms with Crippen molar-refractivity contribution in [1.82, 2.24) is 24.8 Å². The summed E-state index contributed by atoms with van der Waals surface area (Å²) in [6, 6.07) is 15.6. The number of sulfone groups is 1. The van der Waals surface area contributed by atoms with Crippen molar-refractivity contribution < 1.29 is 27.1 Å². The van der Waals surface area contributed by atoms with E-state index < -0.39 is 33.8 Å². The number of nitriles is 1. The third-order valence-electron chi connectivity index (χ3n) is 8.37. The van der Waals surface area contributed by atoms with Crippen LogP contribution in [0, 0.1) is 11.3 Å². The normalized spacial score (nSPS) is 20.9. The van der Waals surface area contributed by atoms with Crippen LogP contribution >= 0.6 is 0 Å². The second kappa shape index (κ2) is 13.5. The second-order valence-corrected chi connectivity index (χ2v) is 13.9. The van der Waals surface area contributed by atoms with Crippen molar-refractivity contribution in [2.45, 2.75) is 24.7 Å². The molecule has 1 amide bonds. The number of hydrogen-bond donors (Lipinski definition) is 1. The Bertz CT molecular complexity index is 1710. The Morgan fingerprint density at radius 1 is 1.11 bits per heavy atom. The van der Waals surface area contributed by atoms with E-state index in [4.69, 9.17) is 9.47 Å². The Balaban J connectivity index is 1.06. The van der Waals surface area contributed by atoms with Gasteiger partial charge in [0.2, 0.25) is 11.9 Å². The molecule has 0 unspecified atom stereocenters. The zero-order chi connectivity index (χ0) is 32.3. The first-order valence-corrected chi connectivity index (χ1v) is 17.1. The lowest BCUT2D eigenvalue weighted by Crippen LogP contribution is -2.56. The molecular formula is C31H35FN8O5S. The van der Waals surface area contributed by atoms with Gasteiger partial charge in [-0.3, -0.25) is 9.69 Å². The third-order valence-corrected chi connectivity index (χ3v) is 9.14. The zero-order valence-electron chi connectivity index (χ0n) is 25.4. The summed E-state index contributed by atoms with van der Waals surface area (Å²) in [7, 11) is -3.52. The van der Waals surface area contributed by atoms with Crippen molar-refractivity contribution in [3.63, 3.8) is 0 Å². The standard InChI is InChI=1S/C31H35FN8O5S/c1-46(42,43)19-29(41)40-9-8-28(26(32)16-40)45-27-7-2-21(14-22(27)15-33)30-34-20-35-31(37-30)36-23-3-5-24(6-4-23)38-10-12-39(13-11-38)25-17-44-18-25/h2-7,14,20,25-26,28H,8-13,16-19H2,1H3,(H,34,35,36,37)/t26-,28-/m0/s1. The summed E-state index contributed by atoms with van der Waals surface area (Å²) in [6.45, 7) is 5.52. The van der Waals surface area contributed by atoms with Crippen LogP contribution < -0.4 is 15.0 Å². The number of alkyl halides is 1. The van der Waals surface area contributed by atoms with Crippen molar-refractivity contribution in [3.8, 4) is 23.2 Å². The lowest BCUT2D eigenvalue weighted by Gasteiger charge is -2.43. The van der Waals surface area contributed by atoms with Gasteiger partial charge in [-0.05, 0) is 42.5 Å². The van der Waals surface area contributed by atoms with E-state index >= 15 is 0 Å². The number of halogens is 1. The van der Waals surface area contributed by atoms with Crippen LogP contribution in [-0.2, 0) is 19.4 Å². The average Bonchev–Trinajstić information content (AvgIpc) is 3.01. The highest BCUT2D eigenvalue weighted by molar-refractivity contribution is 7.91. The first-order chi connectivity index (χ1) is 22.1. The summed E-state index contributed by atoms with van der Waals surface area (Å²) in [6.07, 6.45) is 0.0523. The van der Waals surface area contributed by atoms with Crippen molar-refractivity contribution in [1.29, 1.82) is 5.26 Å². The van der Waals surface area contributed by atoms with Crippen LogP contribution in [0.2, 0.25) is 0 Å². The maximum absolute atomic E-state index is 15.0. The van der Waals surface area contributed by atoms with E-state index in [2.05, 4.69) is 48.3 Å². The molecule has 4 heterocycles. The van der Waals surface area contributed by atoms with Crippen LogP contribution in [0.15, 0.2) is 48.8 Å². The molecule has 2 aromatic carbocycles. The van der Waals surface area contributed by atoms with E-state index in [1.807, 2.05) is 12.1 Å². The highest BCUT2D eigenvalue weighted by Gasteiger charge is 2.34. The van der Waals surface area contributed by atoms with Crippen molar-refractivity contribution in [2.75, 3.05) is 74.7 Å². The molecule has 0 aliphatic carbocycles. The van der Waals surface area contributed by atoms with Crippen molar-refractivity contribution in [3.05, 3.63) is 54.4 Å². The predicted octanol–water partition coefficient (Wildman–Crippen LogP) is 2.04. The fraction of sp³-hybridized carbons (Fsp3) is 0.452. The van der Waals surface area contributed by atoms with Crippen LogP contribution in [0.5, 0.6) is 5.75 Å². The highest BCUT2D eigenvalue weighted by atomic mass is 32.2. The summed E-state index contributed by atoms with van der Waals surface area (Å²) in [5.74, 6) is -0.432. The summed E-state index contributed by atoms with van der Waals surface area (Å²) < 4.78 is 49.0. The third kappa shape index (κ3) is 7.52. The van der Waals surface area contributed by atoms with Gasteiger partial charge < -0.3 is 24.6 Å². The molecule has 0 radical (unpaired) electrons. The topological polar surface area (TPSA) is 154 Å². The summed E-state index contributed by atoms with van der Waals surface area (Å²) >= 11 is 0. The Hall–Kier alpha value is -4.39. The van der Waals surface area contributed by atoms with Gasteiger partial charge in [0.25, 0.3) is 0 Å². The number of nitrogens with zero attached hydrogens (tertiary/aromatic N) is 7. The summed E-state index contributed by atoms with van der Waals surface area (Å²) in [5, 5.41) is 13.0. The average molecular weight is 651 g/mol.